The van der Waals surface area contributed by atoms with Gasteiger partial charge in [0.2, 0.25) is 0 Å². The van der Waals surface area contributed by atoms with E-state index < -0.39 is 0 Å². The average Bonchev–Trinajstić information content (AvgIpc) is 2.81. The molecular weight excluding hydrogens is 274 g/mol. The number of aliphatic hydroxyl groups is 1. The quantitative estimate of drug-likeness (QED) is 0.775. The number of fused-ring (bicyclic) bond motifs is 1. The standard InChI is InChI=1S/C16H24ClNO2/c1-2-3-12(6-7-19)10-18-11-15-9-13-8-14(17)4-5-16(13)20-15/h4-5,8,12,15,18-19H,2-3,6-7,9-11H2,1H3. The van der Waals surface area contributed by atoms with Crippen molar-refractivity contribution in [2.45, 2.75) is 38.7 Å². The van der Waals surface area contributed by atoms with Crippen LogP contribution in [0.25, 0.3) is 0 Å². The third kappa shape index (κ3) is 4.37. The summed E-state index contributed by atoms with van der Waals surface area (Å²) in [5.41, 5.74) is 1.20. The Hall–Kier alpha value is -0.770. The van der Waals surface area contributed by atoms with E-state index in [1.165, 1.54) is 5.56 Å². The van der Waals surface area contributed by atoms with Gasteiger partial charge in [0, 0.05) is 24.6 Å². The first kappa shape index (κ1) is 15.6. The van der Waals surface area contributed by atoms with Crippen LogP contribution in [0.2, 0.25) is 5.02 Å². The zero-order valence-electron chi connectivity index (χ0n) is 12.1. The molecule has 0 amide bonds. The summed E-state index contributed by atoms with van der Waals surface area (Å²) in [6, 6.07) is 5.81. The van der Waals surface area contributed by atoms with Crippen molar-refractivity contribution in [3.05, 3.63) is 28.8 Å². The van der Waals surface area contributed by atoms with Gasteiger partial charge in [-0.1, -0.05) is 24.9 Å². The minimum atomic E-state index is 0.194. The molecule has 2 unspecified atom stereocenters. The lowest BCUT2D eigenvalue weighted by Gasteiger charge is -2.17. The van der Waals surface area contributed by atoms with Gasteiger partial charge in [-0.25, -0.2) is 0 Å². The third-order valence-electron chi connectivity index (χ3n) is 3.80. The largest absolute Gasteiger partial charge is 0.488 e. The number of halogens is 1. The molecule has 4 heteroatoms. The van der Waals surface area contributed by atoms with Crippen LogP contribution < -0.4 is 10.1 Å². The minimum Gasteiger partial charge on any atom is -0.488 e. The molecule has 0 saturated carbocycles. The number of ether oxygens (including phenoxy) is 1. The highest BCUT2D eigenvalue weighted by molar-refractivity contribution is 6.30. The molecule has 0 bridgehead atoms. The van der Waals surface area contributed by atoms with Gasteiger partial charge in [0.1, 0.15) is 11.9 Å². The summed E-state index contributed by atoms with van der Waals surface area (Å²) in [7, 11) is 0. The molecule has 2 N–H and O–H groups in total. The number of rotatable bonds is 8. The van der Waals surface area contributed by atoms with E-state index in [1.54, 1.807) is 0 Å². The van der Waals surface area contributed by atoms with Crippen LogP contribution in [0, 0.1) is 5.92 Å². The number of hydrogen-bond acceptors (Lipinski definition) is 3. The van der Waals surface area contributed by atoms with E-state index in [-0.39, 0.29) is 12.7 Å². The molecule has 0 fully saturated rings. The summed E-state index contributed by atoms with van der Waals surface area (Å²) in [6.07, 6.45) is 4.31. The van der Waals surface area contributed by atoms with Crippen molar-refractivity contribution in [2.24, 2.45) is 5.92 Å². The molecule has 1 aromatic carbocycles. The molecule has 0 spiro atoms. The van der Waals surface area contributed by atoms with Crippen molar-refractivity contribution >= 4 is 11.6 Å². The van der Waals surface area contributed by atoms with Gasteiger partial charge in [-0.2, -0.15) is 0 Å². The van der Waals surface area contributed by atoms with E-state index in [2.05, 4.69) is 12.2 Å². The Morgan fingerprint density at radius 2 is 2.30 bits per heavy atom. The highest BCUT2D eigenvalue weighted by Gasteiger charge is 2.22. The molecule has 0 radical (unpaired) electrons. The second kappa shape index (κ2) is 7.87. The van der Waals surface area contributed by atoms with Gasteiger partial charge in [-0.15, -0.1) is 0 Å². The van der Waals surface area contributed by atoms with E-state index in [9.17, 15) is 0 Å². The van der Waals surface area contributed by atoms with E-state index >= 15 is 0 Å². The topological polar surface area (TPSA) is 41.5 Å². The average molecular weight is 298 g/mol. The van der Waals surface area contributed by atoms with E-state index in [1.807, 2.05) is 18.2 Å². The second-order valence-corrected chi connectivity index (χ2v) is 5.96. The summed E-state index contributed by atoms with van der Waals surface area (Å²) in [5, 5.41) is 13.3. The molecule has 1 heterocycles. The monoisotopic (exact) mass is 297 g/mol. The van der Waals surface area contributed by atoms with Gasteiger partial charge in [-0.05, 0) is 49.1 Å². The number of hydrogen-bond donors (Lipinski definition) is 2. The summed E-state index contributed by atoms with van der Waals surface area (Å²) >= 11 is 5.99. The molecule has 20 heavy (non-hydrogen) atoms. The van der Waals surface area contributed by atoms with Gasteiger partial charge >= 0.3 is 0 Å². The maximum Gasteiger partial charge on any atom is 0.123 e. The number of benzene rings is 1. The van der Waals surface area contributed by atoms with Gasteiger partial charge in [0.25, 0.3) is 0 Å². The molecule has 0 aliphatic carbocycles. The molecule has 112 valence electrons. The van der Waals surface area contributed by atoms with Crippen molar-refractivity contribution in [3.63, 3.8) is 0 Å². The lowest BCUT2D eigenvalue weighted by atomic mass is 10.00. The molecule has 0 saturated heterocycles. The summed E-state index contributed by atoms with van der Waals surface area (Å²) in [6.45, 7) is 4.25. The Morgan fingerprint density at radius 1 is 1.45 bits per heavy atom. The fourth-order valence-corrected chi connectivity index (χ4v) is 2.99. The molecule has 1 aliphatic rings. The molecular formula is C16H24ClNO2. The van der Waals surface area contributed by atoms with Crippen LogP contribution in [0.15, 0.2) is 18.2 Å². The molecule has 1 aromatic rings. The van der Waals surface area contributed by atoms with E-state index in [4.69, 9.17) is 21.4 Å². The van der Waals surface area contributed by atoms with Gasteiger partial charge in [0.05, 0.1) is 0 Å². The van der Waals surface area contributed by atoms with Crippen LogP contribution >= 0.6 is 11.6 Å². The van der Waals surface area contributed by atoms with Crippen LogP contribution in [-0.2, 0) is 6.42 Å². The Labute approximate surface area is 126 Å². The smallest absolute Gasteiger partial charge is 0.123 e. The third-order valence-corrected chi connectivity index (χ3v) is 4.04. The molecule has 0 aromatic heterocycles. The zero-order chi connectivity index (χ0) is 14.4. The fraction of sp³-hybridized carbons (Fsp3) is 0.625. The molecule has 3 nitrogen and oxygen atoms in total. The Bertz CT molecular complexity index is 419. The number of nitrogens with one attached hydrogen (secondary N) is 1. The summed E-state index contributed by atoms with van der Waals surface area (Å²) in [5.74, 6) is 1.52. The van der Waals surface area contributed by atoms with Crippen LogP contribution in [0.4, 0.5) is 0 Å². The lowest BCUT2D eigenvalue weighted by molar-refractivity contribution is 0.215. The van der Waals surface area contributed by atoms with Gasteiger partial charge in [-0.3, -0.25) is 0 Å². The predicted molar refractivity (Wildman–Crippen MR) is 82.5 cm³/mol. The van der Waals surface area contributed by atoms with Gasteiger partial charge in [0.15, 0.2) is 0 Å². The zero-order valence-corrected chi connectivity index (χ0v) is 12.8. The SMILES string of the molecule is CCCC(CCO)CNCC1Cc2cc(Cl)ccc2O1. The van der Waals surface area contributed by atoms with Crippen LogP contribution in [0.5, 0.6) is 5.75 Å². The van der Waals surface area contributed by atoms with Crippen molar-refractivity contribution in [2.75, 3.05) is 19.7 Å². The molecule has 2 atom stereocenters. The Kier molecular flexibility index (Phi) is 6.14. The van der Waals surface area contributed by atoms with Crippen LogP contribution in [-0.4, -0.2) is 30.9 Å². The van der Waals surface area contributed by atoms with Crippen LogP contribution in [0.3, 0.4) is 0 Å². The first-order valence-corrected chi connectivity index (χ1v) is 7.87. The Balaban J connectivity index is 1.74. The van der Waals surface area contributed by atoms with Gasteiger partial charge < -0.3 is 15.2 Å². The van der Waals surface area contributed by atoms with Crippen molar-refractivity contribution in [1.29, 1.82) is 0 Å². The fourth-order valence-electron chi connectivity index (χ4n) is 2.79. The summed E-state index contributed by atoms with van der Waals surface area (Å²) < 4.78 is 5.89. The highest BCUT2D eigenvalue weighted by Crippen LogP contribution is 2.30. The van der Waals surface area contributed by atoms with E-state index in [0.717, 1.165) is 49.5 Å². The van der Waals surface area contributed by atoms with Crippen molar-refractivity contribution in [1.82, 2.24) is 5.32 Å². The first-order chi connectivity index (χ1) is 9.72. The normalized spacial score (nSPS) is 18.6. The first-order valence-electron chi connectivity index (χ1n) is 7.49. The van der Waals surface area contributed by atoms with Crippen molar-refractivity contribution < 1.29 is 9.84 Å². The maximum atomic E-state index is 9.05. The highest BCUT2D eigenvalue weighted by atomic mass is 35.5. The number of aliphatic hydroxyl groups excluding tert-OH is 1. The van der Waals surface area contributed by atoms with Crippen molar-refractivity contribution in [3.8, 4) is 5.75 Å². The van der Waals surface area contributed by atoms with E-state index in [0.29, 0.717) is 5.92 Å². The Morgan fingerprint density at radius 3 is 3.05 bits per heavy atom. The van der Waals surface area contributed by atoms with Crippen LogP contribution in [0.1, 0.15) is 31.7 Å². The predicted octanol–water partition coefficient (Wildman–Crippen LogP) is 3.03. The molecule has 1 aliphatic heterocycles. The summed E-state index contributed by atoms with van der Waals surface area (Å²) in [4.78, 5) is 0. The second-order valence-electron chi connectivity index (χ2n) is 5.52. The minimum absolute atomic E-state index is 0.194. The maximum absolute atomic E-state index is 9.05. The molecule has 2 rings (SSSR count). The lowest BCUT2D eigenvalue weighted by Crippen LogP contribution is -2.33.